The van der Waals surface area contributed by atoms with E-state index in [0.717, 1.165) is 17.4 Å². The van der Waals surface area contributed by atoms with E-state index in [2.05, 4.69) is 5.32 Å². The van der Waals surface area contributed by atoms with E-state index in [9.17, 15) is 18.0 Å². The molecule has 9 heteroatoms. The number of amides is 1. The van der Waals surface area contributed by atoms with Crippen LogP contribution in [0.15, 0.2) is 53.3 Å². The molecule has 8 nitrogen and oxygen atoms in total. The summed E-state index contributed by atoms with van der Waals surface area (Å²) >= 11 is 0. The van der Waals surface area contributed by atoms with Crippen molar-refractivity contribution in [1.82, 2.24) is 9.36 Å². The Bertz CT molecular complexity index is 1320. The monoisotopic (exact) mass is 470 g/mol. The number of nitrogens with one attached hydrogen (secondary N) is 1. The fraction of sp³-hybridized carbons (Fsp3) is 0.333. The minimum Gasteiger partial charge on any atom is -0.320 e. The van der Waals surface area contributed by atoms with Gasteiger partial charge in [-0.2, -0.15) is 0 Å². The molecule has 1 heterocycles. The van der Waals surface area contributed by atoms with Gasteiger partial charge in [-0.25, -0.2) is 13.1 Å². The topological polar surface area (TPSA) is 93.4 Å². The number of rotatable bonds is 8. The predicted molar refractivity (Wildman–Crippen MR) is 132 cm³/mol. The van der Waals surface area contributed by atoms with Gasteiger partial charge in [0, 0.05) is 20.0 Å². The molecular formula is C24H30N4O4S. The number of benzene rings is 2. The highest BCUT2D eigenvalue weighted by atomic mass is 32.2. The van der Waals surface area contributed by atoms with Crippen LogP contribution < -0.4 is 15.2 Å². The highest BCUT2D eigenvalue weighted by Crippen LogP contribution is 2.22. The van der Waals surface area contributed by atoms with Crippen LogP contribution in [0.25, 0.3) is 5.69 Å². The van der Waals surface area contributed by atoms with Gasteiger partial charge in [-0.3, -0.25) is 18.6 Å². The van der Waals surface area contributed by atoms with Gasteiger partial charge in [-0.1, -0.05) is 24.3 Å². The number of para-hydroxylation sites is 1. The lowest BCUT2D eigenvalue weighted by molar-refractivity contribution is -0.116. The molecule has 1 N–H and O–H groups in total. The second-order valence-corrected chi connectivity index (χ2v) is 10.1. The minimum absolute atomic E-state index is 0.0793. The summed E-state index contributed by atoms with van der Waals surface area (Å²) in [6, 6.07) is 14.7. The van der Waals surface area contributed by atoms with Crippen molar-refractivity contribution in [3.8, 4) is 5.69 Å². The lowest BCUT2D eigenvalue weighted by Gasteiger charge is -2.23. The maximum absolute atomic E-state index is 12.9. The molecule has 0 aliphatic rings. The number of sulfonamides is 1. The predicted octanol–water partition coefficient (Wildman–Crippen LogP) is 3.29. The van der Waals surface area contributed by atoms with Crippen LogP contribution in [-0.4, -0.2) is 36.5 Å². The van der Waals surface area contributed by atoms with Crippen molar-refractivity contribution in [1.29, 1.82) is 0 Å². The van der Waals surface area contributed by atoms with Crippen LogP contribution in [0.5, 0.6) is 0 Å². The molecule has 0 saturated carbocycles. The lowest BCUT2D eigenvalue weighted by atomic mass is 10.1. The molecule has 1 aromatic heterocycles. The number of carbonyl (C=O) groups excluding carboxylic acids is 1. The molecule has 0 atom stereocenters. The van der Waals surface area contributed by atoms with E-state index in [-0.39, 0.29) is 30.1 Å². The lowest BCUT2D eigenvalue weighted by Crippen LogP contribution is -2.31. The van der Waals surface area contributed by atoms with E-state index in [0.29, 0.717) is 23.5 Å². The fourth-order valence-corrected chi connectivity index (χ4v) is 4.62. The maximum Gasteiger partial charge on any atom is 0.295 e. The first-order chi connectivity index (χ1) is 15.5. The summed E-state index contributed by atoms with van der Waals surface area (Å²) < 4.78 is 29.2. The van der Waals surface area contributed by atoms with Gasteiger partial charge in [-0.05, 0) is 62.6 Å². The average molecular weight is 471 g/mol. The van der Waals surface area contributed by atoms with Crippen molar-refractivity contribution in [2.24, 2.45) is 7.05 Å². The summed E-state index contributed by atoms with van der Waals surface area (Å²) in [6.45, 7) is 5.82. The number of aromatic nitrogens is 2. The molecule has 0 saturated heterocycles. The molecule has 3 rings (SSSR count). The van der Waals surface area contributed by atoms with Crippen LogP contribution in [0.3, 0.4) is 0 Å². The number of hydrogen-bond acceptors (Lipinski definition) is 4. The molecule has 1 amide bonds. The number of aryl methyl sites for hydroxylation is 2. The van der Waals surface area contributed by atoms with Crippen molar-refractivity contribution in [2.45, 2.75) is 33.6 Å². The zero-order valence-electron chi connectivity index (χ0n) is 19.6. The van der Waals surface area contributed by atoms with E-state index < -0.39 is 10.0 Å². The first kappa shape index (κ1) is 24.3. The van der Waals surface area contributed by atoms with Crippen LogP contribution in [0.4, 0.5) is 11.4 Å². The quantitative estimate of drug-likeness (QED) is 0.547. The van der Waals surface area contributed by atoms with Gasteiger partial charge < -0.3 is 5.32 Å². The SMILES string of the molecule is Cc1ccc(N(CCCC(=O)Nc2c(C)n(C)n(-c3ccccc3)c2=O)S(C)(=O)=O)cc1C. The van der Waals surface area contributed by atoms with Crippen LogP contribution in [0, 0.1) is 20.8 Å². The van der Waals surface area contributed by atoms with Crippen molar-refractivity contribution >= 4 is 27.3 Å². The molecule has 0 aliphatic carbocycles. The largest absolute Gasteiger partial charge is 0.320 e. The standard InChI is InChI=1S/C24H30N4O4S/c1-17-13-14-21(16-18(17)2)27(33(5,31)32)15-9-12-22(29)25-23-19(3)26(4)28(24(23)30)20-10-7-6-8-11-20/h6-8,10-11,13-14,16H,9,12,15H2,1-5H3,(H,25,29). The smallest absolute Gasteiger partial charge is 0.295 e. The molecule has 0 aliphatic heterocycles. The Hall–Kier alpha value is -3.33. The number of hydrogen-bond donors (Lipinski definition) is 1. The van der Waals surface area contributed by atoms with E-state index in [1.807, 2.05) is 56.3 Å². The molecule has 0 unspecified atom stereocenters. The Balaban J connectivity index is 1.71. The average Bonchev–Trinajstić information content (AvgIpc) is 2.96. The summed E-state index contributed by atoms with van der Waals surface area (Å²) in [7, 11) is -1.75. The minimum atomic E-state index is -3.51. The van der Waals surface area contributed by atoms with Gasteiger partial charge in [-0.15, -0.1) is 0 Å². The molecule has 0 spiro atoms. The summed E-state index contributed by atoms with van der Waals surface area (Å²) in [5.74, 6) is -0.338. The first-order valence-corrected chi connectivity index (χ1v) is 12.5. The Morgan fingerprint density at radius 2 is 1.70 bits per heavy atom. The van der Waals surface area contributed by atoms with Crippen molar-refractivity contribution in [3.63, 3.8) is 0 Å². The van der Waals surface area contributed by atoms with Gasteiger partial charge in [0.1, 0.15) is 5.69 Å². The Morgan fingerprint density at radius 1 is 1.03 bits per heavy atom. The first-order valence-electron chi connectivity index (χ1n) is 10.7. The van der Waals surface area contributed by atoms with Crippen molar-refractivity contribution < 1.29 is 13.2 Å². The molecule has 0 bridgehead atoms. The second kappa shape index (κ2) is 9.66. The summed E-state index contributed by atoms with van der Waals surface area (Å²) in [4.78, 5) is 25.5. The van der Waals surface area contributed by atoms with Crippen LogP contribution >= 0.6 is 0 Å². The molecule has 176 valence electrons. The normalized spacial score (nSPS) is 11.4. The number of anilines is 2. The van der Waals surface area contributed by atoms with Gasteiger partial charge in [0.2, 0.25) is 15.9 Å². The maximum atomic E-state index is 12.9. The fourth-order valence-electron chi connectivity index (χ4n) is 3.66. The zero-order chi connectivity index (χ0) is 24.3. The highest BCUT2D eigenvalue weighted by Gasteiger charge is 2.20. The highest BCUT2D eigenvalue weighted by molar-refractivity contribution is 7.92. The van der Waals surface area contributed by atoms with E-state index in [1.54, 1.807) is 24.7 Å². The summed E-state index contributed by atoms with van der Waals surface area (Å²) in [5, 5.41) is 2.72. The van der Waals surface area contributed by atoms with Crippen LogP contribution in [0.1, 0.15) is 29.7 Å². The Labute approximate surface area is 194 Å². The second-order valence-electron chi connectivity index (χ2n) is 8.19. The molecule has 33 heavy (non-hydrogen) atoms. The van der Waals surface area contributed by atoms with Gasteiger partial charge >= 0.3 is 0 Å². The third-order valence-corrected chi connectivity index (χ3v) is 6.96. The molecule has 0 fully saturated rings. The van der Waals surface area contributed by atoms with Gasteiger partial charge in [0.05, 0.1) is 23.3 Å². The van der Waals surface area contributed by atoms with Crippen LogP contribution in [0.2, 0.25) is 0 Å². The van der Waals surface area contributed by atoms with E-state index >= 15 is 0 Å². The zero-order valence-corrected chi connectivity index (χ0v) is 20.4. The van der Waals surface area contributed by atoms with Crippen molar-refractivity contribution in [2.75, 3.05) is 22.4 Å². The summed E-state index contributed by atoms with van der Waals surface area (Å²) in [6.07, 6.45) is 1.54. The summed E-state index contributed by atoms with van der Waals surface area (Å²) in [5.41, 5.74) is 3.88. The third kappa shape index (κ3) is 5.36. The number of carbonyl (C=O) groups is 1. The third-order valence-electron chi connectivity index (χ3n) is 5.76. The van der Waals surface area contributed by atoms with E-state index in [4.69, 9.17) is 0 Å². The van der Waals surface area contributed by atoms with Crippen LogP contribution in [-0.2, 0) is 21.9 Å². The molecule has 3 aromatic rings. The van der Waals surface area contributed by atoms with Crippen molar-refractivity contribution in [3.05, 3.63) is 75.7 Å². The molecule has 2 aromatic carbocycles. The van der Waals surface area contributed by atoms with Gasteiger partial charge in [0.15, 0.2) is 0 Å². The molecular weight excluding hydrogens is 440 g/mol. The van der Waals surface area contributed by atoms with E-state index in [1.165, 1.54) is 8.99 Å². The van der Waals surface area contributed by atoms with Gasteiger partial charge in [0.25, 0.3) is 5.56 Å². The Morgan fingerprint density at radius 3 is 2.30 bits per heavy atom. The number of nitrogens with zero attached hydrogens (tertiary/aromatic N) is 3. The Kier molecular flexibility index (Phi) is 7.12. The molecule has 0 radical (unpaired) electrons.